The summed E-state index contributed by atoms with van der Waals surface area (Å²) >= 11 is 6.03. The predicted octanol–water partition coefficient (Wildman–Crippen LogP) is 6.26. The lowest BCUT2D eigenvalue weighted by atomic mass is 9.97. The van der Waals surface area contributed by atoms with E-state index in [1.165, 1.54) is 36.5 Å². The fourth-order valence-electron chi connectivity index (χ4n) is 4.19. The van der Waals surface area contributed by atoms with Crippen LogP contribution in [-0.4, -0.2) is 41.6 Å². The van der Waals surface area contributed by atoms with E-state index in [0.717, 1.165) is 25.3 Å². The van der Waals surface area contributed by atoms with E-state index in [1.54, 1.807) is 17.0 Å². The average molecular weight is 550 g/mol. The van der Waals surface area contributed by atoms with Gasteiger partial charge in [-0.2, -0.15) is 22.8 Å². The van der Waals surface area contributed by atoms with Gasteiger partial charge in [0.05, 0.1) is 5.56 Å². The molecule has 1 aliphatic rings. The molecular weight excluding hydrogens is 526 g/mol. The second-order valence-electron chi connectivity index (χ2n) is 8.50. The number of pyridine rings is 1. The fraction of sp³-hybridized carbons (Fsp3) is 0.296. The Hall–Kier alpha value is -3.75. The number of benzene rings is 2. The van der Waals surface area contributed by atoms with E-state index in [9.17, 15) is 22.4 Å². The van der Waals surface area contributed by atoms with Gasteiger partial charge >= 0.3 is 12.3 Å². The largest absolute Gasteiger partial charge is 0.417 e. The van der Waals surface area contributed by atoms with Gasteiger partial charge in [-0.1, -0.05) is 23.7 Å². The van der Waals surface area contributed by atoms with Crippen LogP contribution in [0.1, 0.15) is 40.7 Å². The van der Waals surface area contributed by atoms with Crippen molar-refractivity contribution in [3.05, 3.63) is 82.3 Å². The minimum absolute atomic E-state index is 0.0287. The number of carbonyl (C=O) groups excluding carboxylic acids is 3. The number of aromatic nitrogens is 1. The zero-order valence-corrected chi connectivity index (χ0v) is 20.9. The van der Waals surface area contributed by atoms with E-state index >= 15 is 0 Å². The normalized spacial score (nSPS) is 13.2. The standard InChI is InChI=1S/C26H24ClF4N3O.CO2/c27-22-5-4-6-23(28)20(22)11-12-32-24-10-8-18(16-33-24)19-9-7-17(15-21(19)26(29,30)31)25(35)34-13-2-1-3-14-34;2-1-3/h4-10,15-16H,1-3,11-14H2,(H,32,33);. The molecule has 200 valence electrons. The SMILES string of the molecule is O=C(c1ccc(-c2ccc(NCCc3c(F)cccc3Cl)nc2)c(C(F)(F)F)c1)N1CCCCC1.O=C=O. The molecule has 38 heavy (non-hydrogen) atoms. The van der Waals surface area contributed by atoms with Crippen LogP contribution in [0, 0.1) is 5.82 Å². The van der Waals surface area contributed by atoms with Crippen LogP contribution in [0.25, 0.3) is 11.1 Å². The summed E-state index contributed by atoms with van der Waals surface area (Å²) in [6.07, 6.45) is 0.00811. The van der Waals surface area contributed by atoms with Crippen LogP contribution >= 0.6 is 11.6 Å². The maximum Gasteiger partial charge on any atom is 0.417 e. The molecule has 3 aromatic rings. The molecule has 0 spiro atoms. The highest BCUT2D eigenvalue weighted by Crippen LogP contribution is 2.38. The zero-order chi connectivity index (χ0) is 27.7. The highest BCUT2D eigenvalue weighted by Gasteiger charge is 2.35. The van der Waals surface area contributed by atoms with Gasteiger partial charge in [-0.3, -0.25) is 4.79 Å². The van der Waals surface area contributed by atoms with Crippen molar-refractivity contribution in [3.63, 3.8) is 0 Å². The molecule has 11 heteroatoms. The molecule has 0 bridgehead atoms. The summed E-state index contributed by atoms with van der Waals surface area (Å²) in [6.45, 7) is 1.46. The summed E-state index contributed by atoms with van der Waals surface area (Å²) in [5.74, 6) is -0.342. The first-order chi connectivity index (χ1) is 18.2. The third-order valence-electron chi connectivity index (χ3n) is 6.03. The second kappa shape index (κ2) is 13.2. The Bertz CT molecular complexity index is 1270. The number of nitrogens with zero attached hydrogens (tertiary/aromatic N) is 2. The molecule has 1 N–H and O–H groups in total. The molecular formula is C27H24ClF4N3O3. The maximum atomic E-state index is 13.9. The van der Waals surface area contributed by atoms with Gasteiger partial charge in [-0.15, -0.1) is 0 Å². The van der Waals surface area contributed by atoms with Crippen molar-refractivity contribution in [2.75, 3.05) is 25.0 Å². The number of halogens is 5. The number of nitrogens with one attached hydrogen (secondary N) is 1. The molecule has 1 saturated heterocycles. The topological polar surface area (TPSA) is 79.4 Å². The van der Waals surface area contributed by atoms with Crippen LogP contribution < -0.4 is 5.32 Å². The number of likely N-dealkylation sites (tertiary alicyclic amines) is 1. The Morgan fingerprint density at radius 2 is 1.76 bits per heavy atom. The van der Waals surface area contributed by atoms with Gasteiger partial charge in [0, 0.05) is 47.5 Å². The summed E-state index contributed by atoms with van der Waals surface area (Å²) in [6, 6.07) is 11.2. The third-order valence-corrected chi connectivity index (χ3v) is 6.39. The summed E-state index contributed by atoms with van der Waals surface area (Å²) in [5, 5.41) is 3.35. The Labute approximate surface area is 221 Å². The van der Waals surface area contributed by atoms with Crippen molar-refractivity contribution < 1.29 is 31.9 Å². The Balaban J connectivity index is 0.00000127. The van der Waals surface area contributed by atoms with Gasteiger partial charge in [0.2, 0.25) is 0 Å². The summed E-state index contributed by atoms with van der Waals surface area (Å²) in [7, 11) is 0. The van der Waals surface area contributed by atoms with Crippen LogP contribution in [-0.2, 0) is 22.2 Å². The quantitative estimate of drug-likeness (QED) is 0.367. The molecule has 0 unspecified atom stereocenters. The van der Waals surface area contributed by atoms with Crippen molar-refractivity contribution in [3.8, 4) is 11.1 Å². The molecule has 1 aliphatic heterocycles. The lowest BCUT2D eigenvalue weighted by Gasteiger charge is -2.27. The van der Waals surface area contributed by atoms with Gasteiger partial charge in [-0.25, -0.2) is 9.37 Å². The van der Waals surface area contributed by atoms with E-state index in [-0.39, 0.29) is 28.7 Å². The lowest BCUT2D eigenvalue weighted by Crippen LogP contribution is -2.35. The number of hydrogen-bond donors (Lipinski definition) is 1. The van der Waals surface area contributed by atoms with Crippen LogP contribution in [0.3, 0.4) is 0 Å². The van der Waals surface area contributed by atoms with E-state index in [2.05, 4.69) is 10.3 Å². The number of hydrogen-bond acceptors (Lipinski definition) is 5. The molecule has 6 nitrogen and oxygen atoms in total. The monoisotopic (exact) mass is 549 g/mol. The van der Waals surface area contributed by atoms with Crippen molar-refractivity contribution in [1.82, 2.24) is 9.88 Å². The van der Waals surface area contributed by atoms with Crippen LogP contribution in [0.4, 0.5) is 23.4 Å². The molecule has 2 heterocycles. The van der Waals surface area contributed by atoms with E-state index in [0.29, 0.717) is 42.5 Å². The number of amides is 1. The third kappa shape index (κ3) is 7.40. The second-order valence-corrected chi connectivity index (χ2v) is 8.91. The molecule has 0 radical (unpaired) electrons. The zero-order valence-electron chi connectivity index (χ0n) is 20.2. The number of piperidine rings is 1. The lowest BCUT2D eigenvalue weighted by molar-refractivity contribution is -0.191. The molecule has 2 aromatic carbocycles. The highest BCUT2D eigenvalue weighted by atomic mass is 35.5. The molecule has 1 aromatic heterocycles. The highest BCUT2D eigenvalue weighted by molar-refractivity contribution is 6.31. The molecule has 1 fully saturated rings. The Morgan fingerprint density at radius 1 is 1.05 bits per heavy atom. The minimum Gasteiger partial charge on any atom is -0.370 e. The number of anilines is 1. The minimum atomic E-state index is -4.64. The van der Waals surface area contributed by atoms with Gasteiger partial charge in [0.1, 0.15) is 11.6 Å². The van der Waals surface area contributed by atoms with Crippen LogP contribution in [0.5, 0.6) is 0 Å². The van der Waals surface area contributed by atoms with Crippen molar-refractivity contribution in [2.24, 2.45) is 0 Å². The van der Waals surface area contributed by atoms with Crippen molar-refractivity contribution in [2.45, 2.75) is 31.9 Å². The average Bonchev–Trinajstić information content (AvgIpc) is 2.90. The number of alkyl halides is 3. The number of carbonyl (C=O) groups is 1. The van der Waals surface area contributed by atoms with E-state index in [4.69, 9.17) is 21.2 Å². The van der Waals surface area contributed by atoms with Crippen molar-refractivity contribution in [1.29, 1.82) is 0 Å². The summed E-state index contributed by atoms with van der Waals surface area (Å²) in [5.41, 5.74) is -0.243. The molecule has 1 amide bonds. The number of rotatable bonds is 6. The van der Waals surface area contributed by atoms with Gasteiger partial charge in [0.15, 0.2) is 0 Å². The van der Waals surface area contributed by atoms with Crippen LogP contribution in [0.2, 0.25) is 5.02 Å². The summed E-state index contributed by atoms with van der Waals surface area (Å²) < 4.78 is 55.6. The molecule has 0 saturated carbocycles. The van der Waals surface area contributed by atoms with E-state index < -0.39 is 17.6 Å². The molecule has 0 atom stereocenters. The van der Waals surface area contributed by atoms with E-state index in [1.807, 2.05) is 0 Å². The first-order valence-corrected chi connectivity index (χ1v) is 12.2. The molecule has 4 rings (SSSR count). The Kier molecular flexibility index (Phi) is 9.98. The predicted molar refractivity (Wildman–Crippen MR) is 133 cm³/mol. The molecule has 0 aliphatic carbocycles. The van der Waals surface area contributed by atoms with Gasteiger partial charge < -0.3 is 10.2 Å². The van der Waals surface area contributed by atoms with Crippen molar-refractivity contribution >= 4 is 29.5 Å². The van der Waals surface area contributed by atoms with Gasteiger partial charge in [0.25, 0.3) is 5.91 Å². The first kappa shape index (κ1) is 28.8. The maximum absolute atomic E-state index is 13.9. The Morgan fingerprint density at radius 3 is 2.37 bits per heavy atom. The van der Waals surface area contributed by atoms with Crippen LogP contribution in [0.15, 0.2) is 54.7 Å². The van der Waals surface area contributed by atoms with Gasteiger partial charge in [-0.05, 0) is 67.6 Å². The fourth-order valence-corrected chi connectivity index (χ4v) is 4.45. The summed E-state index contributed by atoms with van der Waals surface area (Å²) in [4.78, 5) is 34.8. The smallest absolute Gasteiger partial charge is 0.370 e. The first-order valence-electron chi connectivity index (χ1n) is 11.8.